The molecule has 1 saturated heterocycles. The molecule has 1 aromatic rings. The molecule has 0 saturated carbocycles. The first kappa shape index (κ1) is 29.8. The number of esters is 3. The number of methoxy groups -OCH3 is 1. The topological polar surface area (TPSA) is 114 Å². The van der Waals surface area contributed by atoms with Gasteiger partial charge in [0.2, 0.25) is 0 Å². The zero-order valence-electron chi connectivity index (χ0n) is 21.6. The fourth-order valence-electron chi connectivity index (χ4n) is 4.55. The highest BCUT2D eigenvalue weighted by Crippen LogP contribution is 2.44. The molecular formula is C26H35BrO9. The molecule has 0 unspecified atom stereocenters. The van der Waals surface area contributed by atoms with E-state index in [1.165, 1.54) is 27.9 Å². The first-order valence-electron chi connectivity index (χ1n) is 11.8. The summed E-state index contributed by atoms with van der Waals surface area (Å²) >= 11 is 3.40. The van der Waals surface area contributed by atoms with E-state index in [2.05, 4.69) is 15.9 Å². The standard InChI is InChI=1S/C26H35BrO9/c1-15-12-26(25(31)32-6,35-21-9-7-20(13-27)8-10-21)36-24(22(15)11-16(2)28)17(3)23(34-19(5)30)14-33-18(4)29/h7-10,15,17,22-24H,11-14H2,1-6H3/t15-,17+,22+,23+,24-,26+/m0/s1. The number of hydrogen-bond donors (Lipinski definition) is 0. The maximum absolute atomic E-state index is 13.1. The minimum atomic E-state index is -1.79. The Morgan fingerprint density at radius 3 is 2.25 bits per heavy atom. The van der Waals surface area contributed by atoms with Crippen LogP contribution in [-0.4, -0.2) is 55.4 Å². The Morgan fingerprint density at radius 2 is 1.75 bits per heavy atom. The van der Waals surface area contributed by atoms with Gasteiger partial charge in [0.25, 0.3) is 0 Å². The minimum Gasteiger partial charge on any atom is -0.464 e. The summed E-state index contributed by atoms with van der Waals surface area (Å²) < 4.78 is 28.3. The molecule has 0 amide bonds. The molecular weight excluding hydrogens is 536 g/mol. The Hall–Kier alpha value is -2.46. The second-order valence-corrected chi connectivity index (χ2v) is 9.83. The van der Waals surface area contributed by atoms with Gasteiger partial charge in [0, 0.05) is 37.9 Å². The molecule has 0 spiro atoms. The van der Waals surface area contributed by atoms with E-state index in [4.69, 9.17) is 23.7 Å². The summed E-state index contributed by atoms with van der Waals surface area (Å²) in [4.78, 5) is 48.6. The summed E-state index contributed by atoms with van der Waals surface area (Å²) in [6.45, 7) is 7.48. The van der Waals surface area contributed by atoms with Gasteiger partial charge in [-0.3, -0.25) is 9.59 Å². The highest BCUT2D eigenvalue weighted by Gasteiger charge is 2.55. The van der Waals surface area contributed by atoms with Crippen molar-refractivity contribution in [2.24, 2.45) is 17.8 Å². The van der Waals surface area contributed by atoms with Crippen molar-refractivity contribution in [3.63, 3.8) is 0 Å². The third-order valence-corrected chi connectivity index (χ3v) is 6.97. The highest BCUT2D eigenvalue weighted by atomic mass is 79.9. The van der Waals surface area contributed by atoms with E-state index in [1.54, 1.807) is 19.1 Å². The van der Waals surface area contributed by atoms with E-state index < -0.39 is 41.8 Å². The third kappa shape index (κ3) is 7.77. The van der Waals surface area contributed by atoms with E-state index in [0.29, 0.717) is 11.1 Å². The number of Topliss-reactive ketones (excluding diaryl/α,β-unsaturated/α-hetero) is 1. The van der Waals surface area contributed by atoms with Crippen LogP contribution >= 0.6 is 15.9 Å². The van der Waals surface area contributed by atoms with Gasteiger partial charge in [-0.1, -0.05) is 41.9 Å². The number of hydrogen-bond acceptors (Lipinski definition) is 9. The quantitative estimate of drug-likeness (QED) is 0.221. The van der Waals surface area contributed by atoms with Crippen molar-refractivity contribution in [1.82, 2.24) is 0 Å². The molecule has 1 aromatic carbocycles. The number of ketones is 1. The van der Waals surface area contributed by atoms with Crippen LogP contribution in [-0.2, 0) is 43.5 Å². The van der Waals surface area contributed by atoms with Crippen LogP contribution in [0.15, 0.2) is 24.3 Å². The van der Waals surface area contributed by atoms with E-state index in [-0.39, 0.29) is 37.1 Å². The molecule has 1 aliphatic heterocycles. The summed E-state index contributed by atoms with van der Waals surface area (Å²) in [7, 11) is 1.25. The van der Waals surface area contributed by atoms with Crippen LogP contribution in [0, 0.1) is 17.8 Å². The maximum Gasteiger partial charge on any atom is 0.379 e. The average Bonchev–Trinajstić information content (AvgIpc) is 2.82. The molecule has 0 radical (unpaired) electrons. The molecule has 1 aliphatic rings. The van der Waals surface area contributed by atoms with Crippen LogP contribution in [0.3, 0.4) is 0 Å². The lowest BCUT2D eigenvalue weighted by molar-refractivity contribution is -0.279. The number of alkyl halides is 1. The fourth-order valence-corrected chi connectivity index (χ4v) is 4.92. The third-order valence-electron chi connectivity index (χ3n) is 6.32. The molecule has 1 heterocycles. The van der Waals surface area contributed by atoms with Gasteiger partial charge in [-0.05, 0) is 36.5 Å². The van der Waals surface area contributed by atoms with Gasteiger partial charge in [-0.25, -0.2) is 4.79 Å². The predicted octanol–water partition coefficient (Wildman–Crippen LogP) is 3.98. The molecule has 10 heteroatoms. The highest BCUT2D eigenvalue weighted by molar-refractivity contribution is 9.08. The Kier molecular flexibility index (Phi) is 10.9. The Bertz CT molecular complexity index is 932. The number of carbonyl (C=O) groups is 4. The summed E-state index contributed by atoms with van der Waals surface area (Å²) in [6.07, 6.45) is -1.31. The van der Waals surface area contributed by atoms with Crippen molar-refractivity contribution in [3.05, 3.63) is 29.8 Å². The van der Waals surface area contributed by atoms with Gasteiger partial charge < -0.3 is 28.5 Å². The monoisotopic (exact) mass is 570 g/mol. The van der Waals surface area contributed by atoms with Crippen molar-refractivity contribution >= 4 is 39.6 Å². The lowest BCUT2D eigenvalue weighted by atomic mass is 9.73. The molecule has 1 fully saturated rings. The van der Waals surface area contributed by atoms with Crippen molar-refractivity contribution < 1.29 is 42.9 Å². The molecule has 6 atom stereocenters. The molecule has 2 rings (SSSR count). The summed E-state index contributed by atoms with van der Waals surface area (Å²) in [5.41, 5.74) is 1.02. The molecule has 0 bridgehead atoms. The van der Waals surface area contributed by atoms with Gasteiger partial charge >= 0.3 is 23.7 Å². The van der Waals surface area contributed by atoms with Gasteiger partial charge in [-0.15, -0.1) is 0 Å². The second kappa shape index (κ2) is 13.2. The van der Waals surface area contributed by atoms with E-state index in [0.717, 1.165) is 5.56 Å². The van der Waals surface area contributed by atoms with E-state index in [1.807, 2.05) is 19.1 Å². The first-order valence-corrected chi connectivity index (χ1v) is 12.9. The molecule has 0 N–H and O–H groups in total. The van der Waals surface area contributed by atoms with Gasteiger partial charge in [-0.2, -0.15) is 0 Å². The lowest BCUT2D eigenvalue weighted by Crippen LogP contribution is -2.60. The number of halogens is 1. The van der Waals surface area contributed by atoms with Crippen LogP contribution in [0.1, 0.15) is 53.0 Å². The number of rotatable bonds is 11. The molecule has 0 aliphatic carbocycles. The van der Waals surface area contributed by atoms with Crippen molar-refractivity contribution in [1.29, 1.82) is 0 Å². The van der Waals surface area contributed by atoms with E-state index in [9.17, 15) is 19.2 Å². The van der Waals surface area contributed by atoms with Crippen LogP contribution in [0.2, 0.25) is 0 Å². The number of ether oxygens (including phenoxy) is 5. The summed E-state index contributed by atoms with van der Waals surface area (Å²) in [5.74, 6) is -4.33. The zero-order valence-corrected chi connectivity index (χ0v) is 23.2. The molecule has 0 aromatic heterocycles. The molecule has 36 heavy (non-hydrogen) atoms. The van der Waals surface area contributed by atoms with Crippen LogP contribution in [0.25, 0.3) is 0 Å². The predicted molar refractivity (Wildman–Crippen MR) is 133 cm³/mol. The lowest BCUT2D eigenvalue weighted by Gasteiger charge is -2.48. The maximum atomic E-state index is 13.1. The van der Waals surface area contributed by atoms with Crippen LogP contribution in [0.5, 0.6) is 5.75 Å². The SMILES string of the molecule is COC(=O)[C@@]1(Oc2ccc(CBr)cc2)C[C@H](C)[C@@H](CC(C)=O)[C@H]([C@H](C)[C@@H](COC(C)=O)OC(C)=O)O1. The van der Waals surface area contributed by atoms with Crippen molar-refractivity contribution in [2.75, 3.05) is 13.7 Å². The summed E-state index contributed by atoms with van der Waals surface area (Å²) in [6, 6.07) is 7.18. The second-order valence-electron chi connectivity index (χ2n) is 9.27. The number of carbonyl (C=O) groups excluding carboxylic acids is 4. The van der Waals surface area contributed by atoms with Gasteiger partial charge in [0.05, 0.1) is 13.2 Å². The average molecular weight is 571 g/mol. The van der Waals surface area contributed by atoms with E-state index >= 15 is 0 Å². The van der Waals surface area contributed by atoms with Crippen molar-refractivity contribution in [2.45, 2.75) is 70.8 Å². The fraction of sp³-hybridized carbons (Fsp3) is 0.615. The minimum absolute atomic E-state index is 0.0477. The molecule has 9 nitrogen and oxygen atoms in total. The van der Waals surface area contributed by atoms with Crippen LogP contribution < -0.4 is 4.74 Å². The zero-order chi connectivity index (χ0) is 27.0. The normalized spacial score (nSPS) is 25.2. The smallest absolute Gasteiger partial charge is 0.379 e. The number of benzene rings is 1. The van der Waals surface area contributed by atoms with Gasteiger partial charge in [0.15, 0.2) is 0 Å². The summed E-state index contributed by atoms with van der Waals surface area (Å²) in [5, 5.41) is 0.662. The van der Waals surface area contributed by atoms with Crippen molar-refractivity contribution in [3.8, 4) is 5.75 Å². The van der Waals surface area contributed by atoms with Gasteiger partial charge in [0.1, 0.15) is 24.2 Å². The molecule has 200 valence electrons. The Labute approximate surface area is 220 Å². The van der Waals surface area contributed by atoms with Crippen LogP contribution in [0.4, 0.5) is 0 Å². The first-order chi connectivity index (χ1) is 16.9. The largest absolute Gasteiger partial charge is 0.464 e. The Balaban J connectivity index is 2.49. The Morgan fingerprint density at radius 1 is 1.11 bits per heavy atom.